The van der Waals surface area contributed by atoms with Crippen molar-refractivity contribution in [3.05, 3.63) is 0 Å². The molecule has 4 N–H and O–H groups in total. The zero-order valence-corrected chi connectivity index (χ0v) is 9.10. The first-order valence-corrected chi connectivity index (χ1v) is 5.59. The lowest BCUT2D eigenvalue weighted by atomic mass is 9.91. The summed E-state index contributed by atoms with van der Waals surface area (Å²) in [6.07, 6.45) is 5.16. The molecule has 5 nitrogen and oxygen atoms in total. The number of oxime groups is 1. The SMILES string of the molecule is NC(CCN(CCCO)C1CCC1)=NO. The zero-order chi connectivity index (χ0) is 11.1. The van der Waals surface area contributed by atoms with Crippen molar-refractivity contribution < 1.29 is 10.3 Å². The summed E-state index contributed by atoms with van der Waals surface area (Å²) < 4.78 is 0. The van der Waals surface area contributed by atoms with Crippen molar-refractivity contribution in [3.63, 3.8) is 0 Å². The van der Waals surface area contributed by atoms with Gasteiger partial charge in [-0.15, -0.1) is 0 Å². The van der Waals surface area contributed by atoms with E-state index in [0.29, 0.717) is 12.5 Å². The van der Waals surface area contributed by atoms with Crippen LogP contribution in [-0.2, 0) is 0 Å². The Morgan fingerprint density at radius 3 is 2.60 bits per heavy atom. The van der Waals surface area contributed by atoms with Crippen LogP contribution in [0.5, 0.6) is 0 Å². The largest absolute Gasteiger partial charge is 0.409 e. The minimum absolute atomic E-state index is 0.229. The lowest BCUT2D eigenvalue weighted by molar-refractivity contribution is 0.119. The molecule has 0 aromatic carbocycles. The van der Waals surface area contributed by atoms with Crippen LogP contribution in [-0.4, -0.2) is 46.8 Å². The van der Waals surface area contributed by atoms with E-state index < -0.39 is 0 Å². The quantitative estimate of drug-likeness (QED) is 0.248. The number of nitrogens with zero attached hydrogens (tertiary/aromatic N) is 2. The van der Waals surface area contributed by atoms with Gasteiger partial charge in [-0.1, -0.05) is 11.6 Å². The number of amidine groups is 1. The molecule has 0 radical (unpaired) electrons. The van der Waals surface area contributed by atoms with Crippen molar-refractivity contribution in [3.8, 4) is 0 Å². The Morgan fingerprint density at radius 2 is 2.13 bits per heavy atom. The van der Waals surface area contributed by atoms with Gasteiger partial charge < -0.3 is 16.0 Å². The van der Waals surface area contributed by atoms with E-state index in [1.54, 1.807) is 0 Å². The Morgan fingerprint density at radius 1 is 1.40 bits per heavy atom. The van der Waals surface area contributed by atoms with Crippen molar-refractivity contribution in [2.75, 3.05) is 19.7 Å². The maximum absolute atomic E-state index is 8.80. The van der Waals surface area contributed by atoms with Crippen molar-refractivity contribution in [2.45, 2.75) is 38.1 Å². The van der Waals surface area contributed by atoms with Crippen LogP contribution in [0.1, 0.15) is 32.1 Å². The number of hydrogen-bond donors (Lipinski definition) is 3. The number of aliphatic hydroxyl groups is 1. The van der Waals surface area contributed by atoms with Crippen LogP contribution >= 0.6 is 0 Å². The summed E-state index contributed by atoms with van der Waals surface area (Å²) >= 11 is 0. The van der Waals surface area contributed by atoms with E-state index >= 15 is 0 Å². The molecule has 15 heavy (non-hydrogen) atoms. The van der Waals surface area contributed by atoms with Crippen LogP contribution in [0, 0.1) is 0 Å². The Kier molecular flexibility index (Phi) is 5.42. The number of rotatable bonds is 7. The predicted octanol–water partition coefficient (Wildman–Crippen LogP) is 0.360. The van der Waals surface area contributed by atoms with Crippen molar-refractivity contribution in [1.82, 2.24) is 4.90 Å². The van der Waals surface area contributed by atoms with Gasteiger partial charge in [-0.25, -0.2) is 0 Å². The van der Waals surface area contributed by atoms with Crippen molar-refractivity contribution >= 4 is 5.84 Å². The van der Waals surface area contributed by atoms with Gasteiger partial charge in [-0.2, -0.15) is 0 Å². The summed E-state index contributed by atoms with van der Waals surface area (Å²) in [6.45, 7) is 1.95. The third kappa shape index (κ3) is 4.05. The maximum atomic E-state index is 8.80. The molecule has 0 atom stereocenters. The molecule has 0 heterocycles. The van der Waals surface area contributed by atoms with Gasteiger partial charge in [0.15, 0.2) is 0 Å². The standard InChI is InChI=1S/C10H21N3O2/c11-10(12-15)5-7-13(6-2-8-14)9-3-1-4-9/h9,14-15H,1-8H2,(H2,11,12). The van der Waals surface area contributed by atoms with Gasteiger partial charge in [0.1, 0.15) is 5.84 Å². The van der Waals surface area contributed by atoms with Gasteiger partial charge >= 0.3 is 0 Å². The predicted molar refractivity (Wildman–Crippen MR) is 58.9 cm³/mol. The van der Waals surface area contributed by atoms with Gasteiger partial charge in [0.2, 0.25) is 0 Å². The molecule has 88 valence electrons. The van der Waals surface area contributed by atoms with Crippen LogP contribution < -0.4 is 5.73 Å². The molecule has 1 fully saturated rings. The summed E-state index contributed by atoms with van der Waals surface area (Å²) in [4.78, 5) is 2.33. The number of nitrogens with two attached hydrogens (primary N) is 1. The van der Waals surface area contributed by atoms with Crippen LogP contribution in [0.3, 0.4) is 0 Å². The molecule has 0 spiro atoms. The average molecular weight is 215 g/mol. The minimum atomic E-state index is 0.229. The lowest BCUT2D eigenvalue weighted by Crippen LogP contribution is -2.42. The monoisotopic (exact) mass is 215 g/mol. The molecule has 0 aromatic rings. The highest BCUT2D eigenvalue weighted by Gasteiger charge is 2.24. The number of aliphatic hydroxyl groups excluding tert-OH is 1. The van der Waals surface area contributed by atoms with Crippen LogP contribution in [0.15, 0.2) is 5.16 Å². The van der Waals surface area contributed by atoms with Crippen LogP contribution in [0.2, 0.25) is 0 Å². The smallest absolute Gasteiger partial charge is 0.140 e. The molecular weight excluding hydrogens is 194 g/mol. The summed E-state index contributed by atoms with van der Waals surface area (Å²) in [7, 11) is 0. The van der Waals surface area contributed by atoms with Crippen molar-refractivity contribution in [1.29, 1.82) is 0 Å². The molecular formula is C10H21N3O2. The van der Waals surface area contributed by atoms with Gasteiger partial charge in [0, 0.05) is 32.2 Å². The Balaban J connectivity index is 2.27. The van der Waals surface area contributed by atoms with Crippen LogP contribution in [0.25, 0.3) is 0 Å². The molecule has 0 amide bonds. The fourth-order valence-corrected chi connectivity index (χ4v) is 1.81. The van der Waals surface area contributed by atoms with Crippen LogP contribution in [0.4, 0.5) is 0 Å². The van der Waals surface area contributed by atoms with E-state index in [1.165, 1.54) is 19.3 Å². The maximum Gasteiger partial charge on any atom is 0.140 e. The van der Waals surface area contributed by atoms with E-state index in [4.69, 9.17) is 16.0 Å². The Labute approximate surface area is 90.6 Å². The normalized spacial score (nSPS) is 18.1. The third-order valence-electron chi connectivity index (χ3n) is 2.98. The Bertz CT molecular complexity index is 205. The molecule has 0 unspecified atom stereocenters. The highest BCUT2D eigenvalue weighted by molar-refractivity contribution is 5.79. The highest BCUT2D eigenvalue weighted by atomic mass is 16.4. The molecule has 1 rings (SSSR count). The summed E-state index contributed by atoms with van der Waals surface area (Å²) in [6, 6.07) is 0.642. The zero-order valence-electron chi connectivity index (χ0n) is 9.10. The van der Waals surface area contributed by atoms with E-state index in [9.17, 15) is 0 Å². The first-order chi connectivity index (χ1) is 7.27. The molecule has 0 saturated heterocycles. The molecule has 1 saturated carbocycles. The molecule has 0 aromatic heterocycles. The summed E-state index contributed by atoms with van der Waals surface area (Å²) in [5, 5.41) is 20.2. The summed E-state index contributed by atoms with van der Waals surface area (Å²) in [5.41, 5.74) is 5.43. The Hall–Kier alpha value is -0.810. The van der Waals surface area contributed by atoms with E-state index in [0.717, 1.165) is 19.5 Å². The topological polar surface area (TPSA) is 82.1 Å². The second-order valence-electron chi connectivity index (χ2n) is 4.04. The van der Waals surface area contributed by atoms with Gasteiger partial charge in [0.25, 0.3) is 0 Å². The molecule has 5 heteroatoms. The minimum Gasteiger partial charge on any atom is -0.409 e. The first kappa shape index (κ1) is 12.3. The van der Waals surface area contributed by atoms with Gasteiger partial charge in [-0.05, 0) is 19.3 Å². The molecule has 1 aliphatic carbocycles. The van der Waals surface area contributed by atoms with E-state index in [1.807, 2.05) is 0 Å². The second kappa shape index (κ2) is 6.63. The molecule has 0 aliphatic heterocycles. The highest BCUT2D eigenvalue weighted by Crippen LogP contribution is 2.24. The molecule has 0 bridgehead atoms. The lowest BCUT2D eigenvalue weighted by Gasteiger charge is -2.37. The average Bonchev–Trinajstić information content (AvgIpc) is 2.18. The summed E-state index contributed by atoms with van der Waals surface area (Å²) in [5.74, 6) is 0.281. The third-order valence-corrected chi connectivity index (χ3v) is 2.98. The second-order valence-corrected chi connectivity index (χ2v) is 4.04. The van der Waals surface area contributed by atoms with Crippen molar-refractivity contribution in [2.24, 2.45) is 10.9 Å². The molecule has 1 aliphatic rings. The van der Waals surface area contributed by atoms with E-state index in [2.05, 4.69) is 10.1 Å². The first-order valence-electron chi connectivity index (χ1n) is 5.59. The fourth-order valence-electron chi connectivity index (χ4n) is 1.81. The van der Waals surface area contributed by atoms with Gasteiger partial charge in [-0.3, -0.25) is 4.90 Å². The fraction of sp³-hybridized carbons (Fsp3) is 0.900. The van der Waals surface area contributed by atoms with E-state index in [-0.39, 0.29) is 12.4 Å². The number of hydrogen-bond acceptors (Lipinski definition) is 4. The van der Waals surface area contributed by atoms with Gasteiger partial charge in [0.05, 0.1) is 0 Å².